The molecule has 118 valence electrons. The first-order valence-corrected chi connectivity index (χ1v) is 8.59. The second-order valence-corrected chi connectivity index (χ2v) is 6.80. The number of hydrogen-bond acceptors (Lipinski definition) is 2. The Morgan fingerprint density at radius 3 is 2.95 bits per heavy atom. The van der Waals surface area contributed by atoms with E-state index < -0.39 is 0 Å². The van der Waals surface area contributed by atoms with Crippen LogP contribution in [-0.2, 0) is 6.42 Å². The monoisotopic (exact) mass is 318 g/mol. The molecule has 0 saturated carbocycles. The van der Waals surface area contributed by atoms with E-state index in [9.17, 15) is 5.11 Å². The van der Waals surface area contributed by atoms with Crippen molar-refractivity contribution in [3.63, 3.8) is 0 Å². The molecule has 0 unspecified atom stereocenters. The molecular weight excluding hydrogens is 296 g/mol. The minimum Gasteiger partial charge on any atom is -0.507 e. The Bertz CT molecular complexity index is 618. The van der Waals surface area contributed by atoms with Gasteiger partial charge < -0.3 is 9.84 Å². The topological polar surface area (TPSA) is 29.5 Å². The van der Waals surface area contributed by atoms with Gasteiger partial charge in [0.05, 0.1) is 0 Å². The zero-order valence-corrected chi connectivity index (χ0v) is 13.8. The van der Waals surface area contributed by atoms with Crippen molar-refractivity contribution in [3.05, 3.63) is 47.2 Å². The minimum atomic E-state index is 0.196. The molecule has 0 saturated heterocycles. The first-order valence-electron chi connectivity index (χ1n) is 8.06. The first kappa shape index (κ1) is 15.5. The molecule has 1 aromatic carbocycles. The molecule has 0 aromatic heterocycles. The van der Waals surface area contributed by atoms with Gasteiger partial charge in [0.15, 0.2) is 0 Å². The summed E-state index contributed by atoms with van der Waals surface area (Å²) >= 11 is 5.73. The van der Waals surface area contributed by atoms with E-state index in [1.54, 1.807) is 0 Å². The summed E-state index contributed by atoms with van der Waals surface area (Å²) in [6.45, 7) is 6.27. The molecule has 2 aliphatic rings. The molecule has 1 heterocycles. The molecule has 22 heavy (non-hydrogen) atoms. The Hall–Kier alpha value is -1.41. The molecule has 3 rings (SSSR count). The normalized spacial score (nSPS) is 23.4. The third-order valence-electron chi connectivity index (χ3n) is 4.76. The van der Waals surface area contributed by atoms with Crippen molar-refractivity contribution in [3.8, 4) is 11.5 Å². The molecule has 0 bridgehead atoms. The van der Waals surface area contributed by atoms with Crippen LogP contribution in [0.1, 0.15) is 49.7 Å². The smallest absolute Gasteiger partial charge is 0.134 e. The van der Waals surface area contributed by atoms with Crippen molar-refractivity contribution in [1.82, 2.24) is 0 Å². The number of phenols is 1. The number of allylic oxidation sites excluding steroid dienone is 3. The summed E-state index contributed by atoms with van der Waals surface area (Å²) in [6.07, 6.45) is 7.31. The Balaban J connectivity index is 1.95. The average Bonchev–Trinajstić information content (AvgIpc) is 2.46. The predicted molar refractivity (Wildman–Crippen MR) is 90.8 cm³/mol. The predicted octanol–water partition coefficient (Wildman–Crippen LogP) is 5.30. The number of alkyl halides is 1. The number of phenolic OH excluding ortho intramolecular Hbond substituents is 1. The fraction of sp³-hybridized carbons (Fsp3) is 0.474. The molecule has 3 heteroatoms. The zero-order chi connectivity index (χ0) is 15.7. The maximum absolute atomic E-state index is 10.5. The van der Waals surface area contributed by atoms with E-state index >= 15 is 0 Å². The Morgan fingerprint density at radius 1 is 1.36 bits per heavy atom. The molecule has 0 fully saturated rings. The van der Waals surface area contributed by atoms with Gasteiger partial charge in [0.1, 0.15) is 17.3 Å². The molecular formula is C19H23ClO2. The molecule has 0 amide bonds. The van der Waals surface area contributed by atoms with Gasteiger partial charge in [0.2, 0.25) is 0 Å². The minimum absolute atomic E-state index is 0.196. The lowest BCUT2D eigenvalue weighted by Gasteiger charge is -2.37. The average molecular weight is 319 g/mol. The van der Waals surface area contributed by atoms with E-state index in [4.69, 9.17) is 16.3 Å². The van der Waals surface area contributed by atoms with Crippen molar-refractivity contribution >= 4 is 11.6 Å². The largest absolute Gasteiger partial charge is 0.507 e. The lowest BCUT2D eigenvalue weighted by molar-refractivity contribution is 0.275. The van der Waals surface area contributed by atoms with Gasteiger partial charge in [-0.1, -0.05) is 18.2 Å². The molecule has 2 nitrogen and oxygen atoms in total. The van der Waals surface area contributed by atoms with Crippen LogP contribution in [0.25, 0.3) is 0 Å². The van der Waals surface area contributed by atoms with E-state index in [0.29, 0.717) is 11.6 Å². The van der Waals surface area contributed by atoms with Gasteiger partial charge in [-0.15, -0.1) is 11.6 Å². The molecule has 0 radical (unpaired) electrons. The number of hydrogen-bond donors (Lipinski definition) is 1. The lowest BCUT2D eigenvalue weighted by atomic mass is 9.74. The third kappa shape index (κ3) is 2.89. The highest BCUT2D eigenvalue weighted by atomic mass is 35.5. The van der Waals surface area contributed by atoms with Crippen LogP contribution in [0.15, 0.2) is 36.1 Å². The maximum atomic E-state index is 10.5. The van der Waals surface area contributed by atoms with Gasteiger partial charge in [0.25, 0.3) is 0 Å². The fourth-order valence-electron chi connectivity index (χ4n) is 3.59. The number of fused-ring (bicyclic) bond motifs is 3. The van der Waals surface area contributed by atoms with Crippen LogP contribution in [0, 0.1) is 5.92 Å². The number of ether oxygens (including phenoxy) is 1. The third-order valence-corrected chi connectivity index (χ3v) is 5.03. The SMILES string of the molecule is C=C1Oc2cc(CCCCCl)cc(O)c2[C@@H]2C=C(C)CC[C@@H]12. The maximum Gasteiger partial charge on any atom is 0.134 e. The van der Waals surface area contributed by atoms with Gasteiger partial charge in [0, 0.05) is 23.3 Å². The van der Waals surface area contributed by atoms with E-state index in [2.05, 4.69) is 25.6 Å². The first-order chi connectivity index (χ1) is 10.6. The van der Waals surface area contributed by atoms with Crippen molar-refractivity contribution in [2.24, 2.45) is 5.92 Å². The zero-order valence-electron chi connectivity index (χ0n) is 13.1. The van der Waals surface area contributed by atoms with Crippen molar-refractivity contribution in [1.29, 1.82) is 0 Å². The highest BCUT2D eigenvalue weighted by molar-refractivity contribution is 6.17. The van der Waals surface area contributed by atoms with Gasteiger partial charge in [-0.3, -0.25) is 0 Å². The lowest BCUT2D eigenvalue weighted by Crippen LogP contribution is -2.25. The van der Waals surface area contributed by atoms with Crippen LogP contribution in [0.4, 0.5) is 0 Å². The molecule has 2 atom stereocenters. The van der Waals surface area contributed by atoms with E-state index in [0.717, 1.165) is 54.7 Å². The summed E-state index contributed by atoms with van der Waals surface area (Å²) in [5.41, 5.74) is 3.41. The number of unbranched alkanes of at least 4 members (excludes halogenated alkanes) is 1. The number of aryl methyl sites for hydroxylation is 1. The Labute approximate surface area is 137 Å². The van der Waals surface area contributed by atoms with E-state index in [-0.39, 0.29) is 11.8 Å². The quantitative estimate of drug-likeness (QED) is 0.464. The van der Waals surface area contributed by atoms with Gasteiger partial charge in [-0.05, 0) is 56.7 Å². The van der Waals surface area contributed by atoms with E-state index in [1.165, 1.54) is 5.57 Å². The molecule has 1 aliphatic carbocycles. The standard InChI is InChI=1S/C19H23ClO2/c1-12-6-7-15-13(2)22-18-11-14(5-3-4-8-20)10-17(21)19(18)16(15)9-12/h9-11,15-16,21H,2-8H2,1H3/t15-,16+/m0/s1. The second-order valence-electron chi connectivity index (χ2n) is 6.43. The van der Waals surface area contributed by atoms with E-state index in [1.807, 2.05) is 6.07 Å². The van der Waals surface area contributed by atoms with Crippen LogP contribution >= 0.6 is 11.6 Å². The molecule has 0 spiro atoms. The van der Waals surface area contributed by atoms with Gasteiger partial charge in [-0.25, -0.2) is 0 Å². The summed E-state index contributed by atoms with van der Waals surface area (Å²) in [7, 11) is 0. The second kappa shape index (κ2) is 6.37. The van der Waals surface area contributed by atoms with Crippen LogP contribution in [0.2, 0.25) is 0 Å². The Kier molecular flexibility index (Phi) is 4.49. The van der Waals surface area contributed by atoms with Crippen LogP contribution in [0.3, 0.4) is 0 Å². The molecule has 1 N–H and O–H groups in total. The number of rotatable bonds is 4. The number of aromatic hydroxyl groups is 1. The summed E-state index contributed by atoms with van der Waals surface area (Å²) < 4.78 is 5.95. The van der Waals surface area contributed by atoms with Gasteiger partial charge >= 0.3 is 0 Å². The summed E-state index contributed by atoms with van der Waals surface area (Å²) in [6, 6.07) is 3.95. The Morgan fingerprint density at radius 2 is 2.18 bits per heavy atom. The fourth-order valence-corrected chi connectivity index (χ4v) is 3.78. The molecule has 1 aromatic rings. The summed E-state index contributed by atoms with van der Waals surface area (Å²) in [5.74, 6) is 3.12. The molecule has 1 aliphatic heterocycles. The summed E-state index contributed by atoms with van der Waals surface area (Å²) in [4.78, 5) is 0. The number of halogens is 1. The van der Waals surface area contributed by atoms with Crippen molar-refractivity contribution < 1.29 is 9.84 Å². The van der Waals surface area contributed by atoms with Crippen LogP contribution in [0.5, 0.6) is 11.5 Å². The summed E-state index contributed by atoms with van der Waals surface area (Å²) in [5, 5.41) is 10.5. The van der Waals surface area contributed by atoms with Crippen molar-refractivity contribution in [2.45, 2.75) is 44.9 Å². The highest BCUT2D eigenvalue weighted by Gasteiger charge is 2.36. The highest BCUT2D eigenvalue weighted by Crippen LogP contribution is 2.51. The van der Waals surface area contributed by atoms with Gasteiger partial charge in [-0.2, -0.15) is 0 Å². The van der Waals surface area contributed by atoms with Crippen molar-refractivity contribution in [2.75, 3.05) is 5.88 Å². The number of benzene rings is 1. The van der Waals surface area contributed by atoms with Crippen LogP contribution < -0.4 is 4.74 Å². The van der Waals surface area contributed by atoms with Crippen LogP contribution in [-0.4, -0.2) is 11.0 Å².